The normalized spacial score (nSPS) is 23.6. The van der Waals surface area contributed by atoms with Gasteiger partial charge in [0.25, 0.3) is 0 Å². The number of nitrogens with two attached hydrogens (primary N) is 1. The van der Waals surface area contributed by atoms with Gasteiger partial charge < -0.3 is 11.1 Å². The third kappa shape index (κ3) is 2.51. The molecule has 7 nitrogen and oxygen atoms in total. The number of anilines is 1. The molecule has 2 heterocycles. The zero-order valence-corrected chi connectivity index (χ0v) is 10.9. The second kappa shape index (κ2) is 5.48. The minimum atomic E-state index is 0.627. The molecule has 3 N–H and O–H groups in total. The lowest BCUT2D eigenvalue weighted by Crippen LogP contribution is -2.31. The van der Waals surface area contributed by atoms with Crippen molar-refractivity contribution in [1.29, 1.82) is 0 Å². The Kier molecular flexibility index (Phi) is 3.54. The first-order chi connectivity index (χ1) is 9.38. The lowest BCUT2D eigenvalue weighted by molar-refractivity contribution is 0.255. The second-order valence-electron chi connectivity index (χ2n) is 5.16. The van der Waals surface area contributed by atoms with Gasteiger partial charge in [0, 0.05) is 6.54 Å². The number of aromatic nitrogens is 5. The van der Waals surface area contributed by atoms with Gasteiger partial charge in [-0.3, -0.25) is 4.98 Å². The molecule has 0 aromatic carbocycles. The van der Waals surface area contributed by atoms with Gasteiger partial charge in [0.1, 0.15) is 5.82 Å². The molecule has 0 spiro atoms. The van der Waals surface area contributed by atoms with Crippen LogP contribution in [0.1, 0.15) is 25.7 Å². The van der Waals surface area contributed by atoms with Crippen LogP contribution in [0.25, 0.3) is 5.65 Å². The summed E-state index contributed by atoms with van der Waals surface area (Å²) in [4.78, 5) is 4.14. The van der Waals surface area contributed by atoms with Crippen molar-refractivity contribution in [2.45, 2.75) is 25.7 Å². The summed E-state index contributed by atoms with van der Waals surface area (Å²) in [6, 6.07) is 0. The van der Waals surface area contributed by atoms with E-state index in [2.05, 4.69) is 25.8 Å². The third-order valence-electron chi connectivity index (χ3n) is 4.02. The van der Waals surface area contributed by atoms with Crippen molar-refractivity contribution in [3.05, 3.63) is 12.4 Å². The molecule has 2 aromatic heterocycles. The Hall–Kier alpha value is -1.76. The Bertz CT molecular complexity index is 538. The molecular formula is C12H19N7. The van der Waals surface area contributed by atoms with Gasteiger partial charge in [0.2, 0.25) is 0 Å². The summed E-state index contributed by atoms with van der Waals surface area (Å²) in [5.74, 6) is 2.09. The van der Waals surface area contributed by atoms with Crippen LogP contribution in [0.4, 0.5) is 5.82 Å². The van der Waals surface area contributed by atoms with Gasteiger partial charge >= 0.3 is 0 Å². The highest BCUT2D eigenvalue weighted by molar-refractivity contribution is 5.43. The lowest BCUT2D eigenvalue weighted by atomic mass is 9.79. The van der Waals surface area contributed by atoms with Crippen LogP contribution in [-0.4, -0.2) is 38.1 Å². The first kappa shape index (κ1) is 12.3. The van der Waals surface area contributed by atoms with Gasteiger partial charge in [-0.05, 0) is 41.6 Å². The Morgan fingerprint density at radius 3 is 2.95 bits per heavy atom. The predicted octanol–water partition coefficient (Wildman–Crippen LogP) is 0.696. The first-order valence-corrected chi connectivity index (χ1v) is 6.84. The number of fused-ring (bicyclic) bond motifs is 1. The maximum absolute atomic E-state index is 5.86. The van der Waals surface area contributed by atoms with Crippen molar-refractivity contribution < 1.29 is 0 Å². The Balaban J connectivity index is 1.69. The SMILES string of the molecule is NCC1CCCCC1CNc1cncc2nnnn12. The Morgan fingerprint density at radius 2 is 2.11 bits per heavy atom. The standard InChI is InChI=1S/C12H19N7/c13-5-9-3-1-2-4-10(9)6-15-11-7-14-8-12-16-17-18-19(11)12/h7-10,15H,1-6,13H2. The van der Waals surface area contributed by atoms with Gasteiger partial charge in [-0.2, -0.15) is 4.52 Å². The van der Waals surface area contributed by atoms with E-state index in [0.717, 1.165) is 18.9 Å². The molecule has 0 amide bonds. The van der Waals surface area contributed by atoms with Crippen molar-refractivity contribution in [2.24, 2.45) is 17.6 Å². The largest absolute Gasteiger partial charge is 0.368 e. The van der Waals surface area contributed by atoms with Crippen LogP contribution in [0.2, 0.25) is 0 Å². The average molecular weight is 261 g/mol. The van der Waals surface area contributed by atoms with E-state index in [1.165, 1.54) is 25.7 Å². The summed E-state index contributed by atoms with van der Waals surface area (Å²) in [7, 11) is 0. The fraction of sp³-hybridized carbons (Fsp3) is 0.667. The topological polar surface area (TPSA) is 94.0 Å². The molecule has 19 heavy (non-hydrogen) atoms. The van der Waals surface area contributed by atoms with Gasteiger partial charge in [-0.1, -0.05) is 12.8 Å². The van der Waals surface area contributed by atoms with Crippen LogP contribution in [0, 0.1) is 11.8 Å². The number of tetrazole rings is 1. The summed E-state index contributed by atoms with van der Waals surface area (Å²) in [6.45, 7) is 1.68. The second-order valence-corrected chi connectivity index (χ2v) is 5.16. The number of hydrogen-bond acceptors (Lipinski definition) is 6. The molecule has 1 fully saturated rings. The minimum absolute atomic E-state index is 0.627. The molecule has 0 aliphatic heterocycles. The minimum Gasteiger partial charge on any atom is -0.368 e. The number of hydrogen-bond donors (Lipinski definition) is 2. The Morgan fingerprint density at radius 1 is 1.26 bits per heavy atom. The van der Waals surface area contributed by atoms with E-state index in [9.17, 15) is 0 Å². The third-order valence-corrected chi connectivity index (χ3v) is 4.02. The quantitative estimate of drug-likeness (QED) is 0.841. The van der Waals surface area contributed by atoms with E-state index in [1.54, 1.807) is 16.9 Å². The fourth-order valence-corrected chi connectivity index (χ4v) is 2.89. The lowest BCUT2D eigenvalue weighted by Gasteiger charge is -2.30. The van der Waals surface area contributed by atoms with E-state index in [-0.39, 0.29) is 0 Å². The van der Waals surface area contributed by atoms with Gasteiger partial charge in [-0.15, -0.1) is 5.10 Å². The molecule has 2 aromatic rings. The van der Waals surface area contributed by atoms with E-state index >= 15 is 0 Å². The van der Waals surface area contributed by atoms with E-state index in [0.29, 0.717) is 17.5 Å². The monoisotopic (exact) mass is 261 g/mol. The molecule has 1 saturated carbocycles. The number of nitrogens with one attached hydrogen (secondary N) is 1. The van der Waals surface area contributed by atoms with Crippen molar-refractivity contribution in [2.75, 3.05) is 18.4 Å². The van der Waals surface area contributed by atoms with Crippen molar-refractivity contribution in [3.63, 3.8) is 0 Å². The molecule has 0 saturated heterocycles. The van der Waals surface area contributed by atoms with Crippen LogP contribution in [0.15, 0.2) is 12.4 Å². The summed E-state index contributed by atoms with van der Waals surface area (Å²) >= 11 is 0. The first-order valence-electron chi connectivity index (χ1n) is 6.84. The van der Waals surface area contributed by atoms with Gasteiger partial charge in [0.05, 0.1) is 12.4 Å². The number of nitrogens with zero attached hydrogens (tertiary/aromatic N) is 5. The zero-order chi connectivity index (χ0) is 13.1. The van der Waals surface area contributed by atoms with Crippen LogP contribution in [0.5, 0.6) is 0 Å². The maximum Gasteiger partial charge on any atom is 0.199 e. The van der Waals surface area contributed by atoms with E-state index in [1.807, 2.05) is 0 Å². The summed E-state index contributed by atoms with van der Waals surface area (Å²) < 4.78 is 1.67. The summed E-state index contributed by atoms with van der Waals surface area (Å²) in [5, 5.41) is 14.9. The highest BCUT2D eigenvalue weighted by atomic mass is 15.5. The highest BCUT2D eigenvalue weighted by Crippen LogP contribution is 2.29. The molecule has 1 aliphatic carbocycles. The Labute approximate surface area is 111 Å². The van der Waals surface area contributed by atoms with Gasteiger partial charge in [-0.25, -0.2) is 0 Å². The number of rotatable bonds is 4. The van der Waals surface area contributed by atoms with Crippen LogP contribution in [-0.2, 0) is 0 Å². The zero-order valence-electron chi connectivity index (χ0n) is 10.9. The van der Waals surface area contributed by atoms with Crippen molar-refractivity contribution >= 4 is 11.5 Å². The average Bonchev–Trinajstić information content (AvgIpc) is 2.94. The smallest absolute Gasteiger partial charge is 0.199 e. The van der Waals surface area contributed by atoms with E-state index in [4.69, 9.17) is 5.73 Å². The van der Waals surface area contributed by atoms with Crippen LogP contribution in [0.3, 0.4) is 0 Å². The summed E-state index contributed by atoms with van der Waals surface area (Å²) in [6.07, 6.45) is 8.50. The molecule has 102 valence electrons. The molecule has 1 aliphatic rings. The molecule has 3 rings (SSSR count). The summed E-state index contributed by atoms with van der Waals surface area (Å²) in [5.41, 5.74) is 6.52. The van der Waals surface area contributed by atoms with Gasteiger partial charge in [0.15, 0.2) is 5.65 Å². The van der Waals surface area contributed by atoms with Crippen molar-refractivity contribution in [1.82, 2.24) is 25.0 Å². The highest BCUT2D eigenvalue weighted by Gasteiger charge is 2.23. The molecular weight excluding hydrogens is 242 g/mol. The molecule has 7 heteroatoms. The van der Waals surface area contributed by atoms with E-state index < -0.39 is 0 Å². The van der Waals surface area contributed by atoms with Crippen LogP contribution >= 0.6 is 0 Å². The molecule has 2 atom stereocenters. The van der Waals surface area contributed by atoms with Crippen molar-refractivity contribution in [3.8, 4) is 0 Å². The predicted molar refractivity (Wildman–Crippen MR) is 71.6 cm³/mol. The molecule has 2 unspecified atom stereocenters. The maximum atomic E-state index is 5.86. The molecule has 0 radical (unpaired) electrons. The fourth-order valence-electron chi connectivity index (χ4n) is 2.89. The van der Waals surface area contributed by atoms with Crippen LogP contribution < -0.4 is 11.1 Å². The molecule has 0 bridgehead atoms.